The van der Waals surface area contributed by atoms with Gasteiger partial charge in [0.25, 0.3) is 5.69 Å². The molecule has 31 heavy (non-hydrogen) atoms. The van der Waals surface area contributed by atoms with E-state index in [4.69, 9.17) is 11.6 Å². The molecule has 0 fully saturated rings. The number of aromatic amines is 1. The number of benzene rings is 2. The summed E-state index contributed by atoms with van der Waals surface area (Å²) in [4.78, 5) is 28.0. The van der Waals surface area contributed by atoms with Crippen molar-refractivity contribution in [3.05, 3.63) is 84.6 Å². The van der Waals surface area contributed by atoms with Crippen LogP contribution in [0.15, 0.2) is 62.9 Å². The summed E-state index contributed by atoms with van der Waals surface area (Å²) in [7, 11) is 0. The van der Waals surface area contributed by atoms with E-state index in [2.05, 4.69) is 20.3 Å². The molecule has 0 aliphatic rings. The second kappa shape index (κ2) is 8.25. The zero-order valence-electron chi connectivity index (χ0n) is 16.4. The Labute approximate surface area is 184 Å². The molecule has 2 heterocycles. The maximum atomic E-state index is 12.9. The quantitative estimate of drug-likeness (QED) is 0.230. The minimum atomic E-state index is -0.483. The van der Waals surface area contributed by atoms with Gasteiger partial charge in [0.05, 0.1) is 27.6 Å². The first-order chi connectivity index (χ1) is 14.8. The summed E-state index contributed by atoms with van der Waals surface area (Å²) in [6.07, 6.45) is 0. The minimum absolute atomic E-state index is 0.0582. The van der Waals surface area contributed by atoms with Crippen LogP contribution in [0.25, 0.3) is 16.4 Å². The molecule has 2 aromatic carbocycles. The highest BCUT2D eigenvalue weighted by Crippen LogP contribution is 2.29. The zero-order valence-corrected chi connectivity index (χ0v) is 17.9. The van der Waals surface area contributed by atoms with Crippen molar-refractivity contribution in [3.8, 4) is 16.4 Å². The molecule has 0 spiro atoms. The number of thiazole rings is 1. The molecule has 4 aromatic rings. The van der Waals surface area contributed by atoms with Gasteiger partial charge < -0.3 is 0 Å². The Morgan fingerprint density at radius 2 is 1.90 bits per heavy atom. The average molecular weight is 455 g/mol. The van der Waals surface area contributed by atoms with E-state index in [1.54, 1.807) is 32.0 Å². The van der Waals surface area contributed by atoms with Crippen molar-refractivity contribution in [2.45, 2.75) is 13.8 Å². The molecule has 4 rings (SSSR count). The first-order valence-electron chi connectivity index (χ1n) is 9.04. The number of H-pyrrole nitrogens is 1. The standard InChI is InChI=1S/C20H15ClN6O3S/c1-11-15(4-3-5-17(11)27(29)30)23-24-18-12(2)25-26(19(18)28)20-22-16(10-31-20)13-6-8-14(21)9-7-13/h3-10,25H,1-2H3. The fraction of sp³-hybridized carbons (Fsp3) is 0.100. The Bertz CT molecular complexity index is 1370. The van der Waals surface area contributed by atoms with E-state index >= 15 is 0 Å². The lowest BCUT2D eigenvalue weighted by Crippen LogP contribution is -2.13. The van der Waals surface area contributed by atoms with E-state index in [9.17, 15) is 14.9 Å². The molecule has 156 valence electrons. The number of nitrogens with one attached hydrogen (secondary N) is 1. The van der Waals surface area contributed by atoms with Crippen LogP contribution in [0, 0.1) is 24.0 Å². The first kappa shape index (κ1) is 20.6. The van der Waals surface area contributed by atoms with Crippen molar-refractivity contribution in [1.82, 2.24) is 14.8 Å². The number of halogens is 1. The van der Waals surface area contributed by atoms with Crippen LogP contribution in [0.1, 0.15) is 11.3 Å². The molecule has 9 nitrogen and oxygen atoms in total. The van der Waals surface area contributed by atoms with Gasteiger partial charge in [-0.3, -0.25) is 20.0 Å². The molecule has 0 bridgehead atoms. The molecule has 11 heteroatoms. The molecule has 0 aliphatic carbocycles. The summed E-state index contributed by atoms with van der Waals surface area (Å²) in [6, 6.07) is 11.8. The maximum Gasteiger partial charge on any atom is 0.301 e. The van der Waals surface area contributed by atoms with E-state index < -0.39 is 10.5 Å². The number of aromatic nitrogens is 3. The molecule has 0 amide bonds. The highest BCUT2D eigenvalue weighted by atomic mass is 35.5. The molecule has 1 N–H and O–H groups in total. The van der Waals surface area contributed by atoms with Crippen molar-refractivity contribution in [2.75, 3.05) is 0 Å². The monoisotopic (exact) mass is 454 g/mol. The third-order valence-electron chi connectivity index (χ3n) is 4.59. The molecule has 0 saturated carbocycles. The van der Waals surface area contributed by atoms with Gasteiger partial charge in [-0.25, -0.2) is 4.98 Å². The number of azo groups is 1. The Balaban J connectivity index is 1.67. The fourth-order valence-corrected chi connectivity index (χ4v) is 3.85. The fourth-order valence-electron chi connectivity index (χ4n) is 2.93. The lowest BCUT2D eigenvalue weighted by Gasteiger charge is -1.99. The number of rotatable bonds is 5. The Morgan fingerprint density at radius 3 is 2.61 bits per heavy atom. The van der Waals surface area contributed by atoms with Crippen LogP contribution in [0.2, 0.25) is 5.02 Å². The van der Waals surface area contributed by atoms with Gasteiger partial charge in [-0.05, 0) is 32.0 Å². The van der Waals surface area contributed by atoms with Crippen molar-refractivity contribution < 1.29 is 4.92 Å². The summed E-state index contributed by atoms with van der Waals surface area (Å²) in [5, 5.41) is 25.1. The number of nitrogens with zero attached hydrogens (tertiary/aromatic N) is 5. The van der Waals surface area contributed by atoms with Gasteiger partial charge in [0.1, 0.15) is 0 Å². The van der Waals surface area contributed by atoms with Gasteiger partial charge in [0, 0.05) is 22.0 Å². The average Bonchev–Trinajstić information content (AvgIpc) is 3.33. The van der Waals surface area contributed by atoms with E-state index in [1.807, 2.05) is 17.5 Å². The zero-order chi connectivity index (χ0) is 22.1. The minimum Gasteiger partial charge on any atom is -0.291 e. The van der Waals surface area contributed by atoms with Crippen molar-refractivity contribution >= 4 is 40.0 Å². The van der Waals surface area contributed by atoms with Crippen molar-refractivity contribution in [1.29, 1.82) is 0 Å². The van der Waals surface area contributed by atoms with Crippen LogP contribution in [-0.2, 0) is 0 Å². The van der Waals surface area contributed by atoms with E-state index in [0.717, 1.165) is 5.56 Å². The normalized spacial score (nSPS) is 11.3. The van der Waals surface area contributed by atoms with Crippen molar-refractivity contribution in [2.24, 2.45) is 10.2 Å². The number of hydrogen-bond acceptors (Lipinski definition) is 7. The third kappa shape index (κ3) is 4.03. The van der Waals surface area contributed by atoms with Crippen LogP contribution in [0.5, 0.6) is 0 Å². The lowest BCUT2D eigenvalue weighted by molar-refractivity contribution is -0.385. The SMILES string of the molecule is Cc1[nH]n(-c2nc(-c3ccc(Cl)cc3)cs2)c(=O)c1N=Nc1cccc([N+](=O)[O-])c1C. The molecular weight excluding hydrogens is 440 g/mol. The van der Waals surface area contributed by atoms with Crippen LogP contribution >= 0.6 is 22.9 Å². The maximum absolute atomic E-state index is 12.9. The van der Waals surface area contributed by atoms with Crippen LogP contribution in [0.4, 0.5) is 17.1 Å². The number of nitro benzene ring substituents is 1. The Kier molecular flexibility index (Phi) is 5.49. The summed E-state index contributed by atoms with van der Waals surface area (Å²) in [5.41, 5.74) is 2.42. The second-order valence-electron chi connectivity index (χ2n) is 6.63. The molecule has 0 radical (unpaired) electrons. The van der Waals surface area contributed by atoms with Crippen LogP contribution in [0.3, 0.4) is 0 Å². The molecule has 2 aromatic heterocycles. The van der Waals surface area contributed by atoms with Gasteiger partial charge in [-0.15, -0.1) is 21.6 Å². The Hall–Kier alpha value is -3.63. The summed E-state index contributed by atoms with van der Waals surface area (Å²) in [6.45, 7) is 3.28. The molecule has 0 aliphatic heterocycles. The van der Waals surface area contributed by atoms with Crippen LogP contribution in [-0.4, -0.2) is 19.7 Å². The number of aryl methyl sites for hydroxylation is 1. The summed E-state index contributed by atoms with van der Waals surface area (Å²) in [5.74, 6) is 0. The Morgan fingerprint density at radius 1 is 1.16 bits per heavy atom. The lowest BCUT2D eigenvalue weighted by atomic mass is 10.1. The predicted molar refractivity (Wildman–Crippen MR) is 119 cm³/mol. The van der Waals surface area contributed by atoms with E-state index in [1.165, 1.54) is 28.2 Å². The molecular formula is C20H15ClN6O3S. The van der Waals surface area contributed by atoms with Gasteiger partial charge in [-0.1, -0.05) is 29.8 Å². The second-order valence-corrected chi connectivity index (χ2v) is 7.90. The highest BCUT2D eigenvalue weighted by Gasteiger charge is 2.17. The molecule has 0 atom stereocenters. The predicted octanol–water partition coefficient (Wildman–Crippen LogP) is 5.88. The van der Waals surface area contributed by atoms with E-state index in [0.29, 0.717) is 32.8 Å². The van der Waals surface area contributed by atoms with Gasteiger partial charge in [0.15, 0.2) is 5.69 Å². The highest BCUT2D eigenvalue weighted by molar-refractivity contribution is 7.12. The number of nitro groups is 1. The largest absolute Gasteiger partial charge is 0.301 e. The topological polar surface area (TPSA) is 119 Å². The summed E-state index contributed by atoms with van der Waals surface area (Å²) < 4.78 is 1.30. The first-order valence-corrected chi connectivity index (χ1v) is 10.3. The molecule has 0 unspecified atom stereocenters. The van der Waals surface area contributed by atoms with Crippen molar-refractivity contribution in [3.63, 3.8) is 0 Å². The van der Waals surface area contributed by atoms with Gasteiger partial charge in [0.2, 0.25) is 5.13 Å². The van der Waals surface area contributed by atoms with Gasteiger partial charge in [-0.2, -0.15) is 4.68 Å². The summed E-state index contributed by atoms with van der Waals surface area (Å²) >= 11 is 7.23. The van der Waals surface area contributed by atoms with Gasteiger partial charge >= 0.3 is 5.56 Å². The third-order valence-corrected chi connectivity index (χ3v) is 5.67. The molecule has 0 saturated heterocycles. The van der Waals surface area contributed by atoms with E-state index in [-0.39, 0.29) is 11.4 Å². The smallest absolute Gasteiger partial charge is 0.291 e. The number of hydrogen-bond donors (Lipinski definition) is 1. The van der Waals surface area contributed by atoms with Crippen LogP contribution < -0.4 is 5.56 Å².